The predicted octanol–water partition coefficient (Wildman–Crippen LogP) is 2.97. The van der Waals surface area contributed by atoms with Crippen LogP contribution in [0, 0.1) is 0 Å². The molecule has 1 heterocycles. The molecule has 0 bridgehead atoms. The Morgan fingerprint density at radius 2 is 2.31 bits per heavy atom. The molecule has 1 aromatic rings. The molecule has 1 aliphatic carbocycles. The van der Waals surface area contributed by atoms with Gasteiger partial charge in [-0.2, -0.15) is 0 Å². The zero-order valence-corrected chi connectivity index (χ0v) is 9.91. The number of pyridine rings is 1. The van der Waals surface area contributed by atoms with Crippen LogP contribution in [0.2, 0.25) is 0 Å². The first-order valence-corrected chi connectivity index (χ1v) is 6.19. The fraction of sp³-hybridized carbons (Fsp3) is 0.615. The number of hydrogen-bond acceptors (Lipinski definition) is 3. The molecule has 0 spiro atoms. The molecule has 1 aliphatic rings. The van der Waals surface area contributed by atoms with E-state index in [0.717, 1.165) is 24.3 Å². The summed E-state index contributed by atoms with van der Waals surface area (Å²) in [7, 11) is 0. The third-order valence-corrected chi connectivity index (χ3v) is 2.92. The Labute approximate surface area is 97.2 Å². The third kappa shape index (κ3) is 3.20. The van der Waals surface area contributed by atoms with Gasteiger partial charge in [-0.05, 0) is 37.3 Å². The first kappa shape index (κ1) is 11.4. The highest BCUT2D eigenvalue weighted by atomic mass is 16.5. The molecule has 3 nitrogen and oxygen atoms in total. The van der Waals surface area contributed by atoms with Crippen molar-refractivity contribution >= 4 is 5.82 Å². The molecule has 0 unspecified atom stereocenters. The molecule has 0 saturated heterocycles. The van der Waals surface area contributed by atoms with E-state index in [2.05, 4.69) is 23.3 Å². The number of ether oxygens (including phenoxy) is 1. The summed E-state index contributed by atoms with van der Waals surface area (Å²) in [6.45, 7) is 3.82. The smallest absolute Gasteiger partial charge is 0.125 e. The maximum atomic E-state index is 5.72. The molecular weight excluding hydrogens is 200 g/mol. The lowest BCUT2D eigenvalue weighted by Gasteiger charge is -2.25. The lowest BCUT2D eigenvalue weighted by molar-refractivity contribution is -0.00875. The molecule has 1 fully saturated rings. The minimum Gasteiger partial charge on any atom is -0.373 e. The minimum atomic E-state index is 0.498. The van der Waals surface area contributed by atoms with Crippen LogP contribution in [0.4, 0.5) is 5.82 Å². The highest BCUT2D eigenvalue weighted by Gasteiger charge is 2.17. The quantitative estimate of drug-likeness (QED) is 0.800. The van der Waals surface area contributed by atoms with Gasteiger partial charge in [0, 0.05) is 12.7 Å². The average molecular weight is 220 g/mol. The molecular formula is C13H20N2O. The topological polar surface area (TPSA) is 34.1 Å². The van der Waals surface area contributed by atoms with Crippen molar-refractivity contribution in [3.05, 3.63) is 23.9 Å². The molecule has 1 aromatic heterocycles. The molecule has 88 valence electrons. The molecule has 1 saturated carbocycles. The largest absolute Gasteiger partial charge is 0.373 e. The van der Waals surface area contributed by atoms with Crippen LogP contribution in [-0.2, 0) is 11.3 Å². The summed E-state index contributed by atoms with van der Waals surface area (Å²) in [6.07, 6.45) is 7.29. The van der Waals surface area contributed by atoms with E-state index in [-0.39, 0.29) is 0 Å². The van der Waals surface area contributed by atoms with E-state index in [4.69, 9.17) is 4.74 Å². The van der Waals surface area contributed by atoms with Crippen LogP contribution in [-0.4, -0.2) is 17.6 Å². The number of hydrogen-bond donors (Lipinski definition) is 1. The van der Waals surface area contributed by atoms with Gasteiger partial charge in [-0.1, -0.05) is 13.0 Å². The van der Waals surface area contributed by atoms with Crippen LogP contribution in [0.3, 0.4) is 0 Å². The van der Waals surface area contributed by atoms with Gasteiger partial charge in [0.15, 0.2) is 0 Å². The van der Waals surface area contributed by atoms with Gasteiger partial charge in [0.1, 0.15) is 5.82 Å². The number of anilines is 1. The number of aromatic nitrogens is 1. The maximum absolute atomic E-state index is 5.72. The van der Waals surface area contributed by atoms with Gasteiger partial charge in [-0.15, -0.1) is 0 Å². The van der Waals surface area contributed by atoms with Crippen molar-refractivity contribution in [1.82, 2.24) is 4.98 Å². The summed E-state index contributed by atoms with van der Waals surface area (Å²) in [6, 6.07) is 4.11. The first-order valence-electron chi connectivity index (χ1n) is 6.19. The second-order valence-electron chi connectivity index (χ2n) is 4.34. The predicted molar refractivity (Wildman–Crippen MR) is 65.4 cm³/mol. The highest BCUT2D eigenvalue weighted by Crippen LogP contribution is 2.23. The van der Waals surface area contributed by atoms with Gasteiger partial charge in [0.2, 0.25) is 0 Å². The fourth-order valence-corrected chi connectivity index (χ4v) is 1.62. The fourth-order valence-electron chi connectivity index (χ4n) is 1.62. The van der Waals surface area contributed by atoms with Crippen LogP contribution >= 0.6 is 0 Å². The van der Waals surface area contributed by atoms with E-state index in [1.54, 1.807) is 0 Å². The zero-order chi connectivity index (χ0) is 11.2. The van der Waals surface area contributed by atoms with Crippen molar-refractivity contribution in [3.63, 3.8) is 0 Å². The number of rotatable bonds is 6. The molecule has 0 amide bonds. The van der Waals surface area contributed by atoms with Crippen molar-refractivity contribution in [2.75, 3.05) is 11.9 Å². The molecule has 0 aliphatic heterocycles. The molecule has 16 heavy (non-hydrogen) atoms. The monoisotopic (exact) mass is 220 g/mol. The van der Waals surface area contributed by atoms with Crippen LogP contribution in [0.15, 0.2) is 18.3 Å². The van der Waals surface area contributed by atoms with E-state index in [1.807, 2.05) is 12.3 Å². The SMILES string of the molecule is CCCNc1ccc(COC2CCC2)cn1. The van der Waals surface area contributed by atoms with E-state index >= 15 is 0 Å². The van der Waals surface area contributed by atoms with Crippen LogP contribution in [0.25, 0.3) is 0 Å². The Kier molecular flexibility index (Phi) is 4.17. The molecule has 3 heteroatoms. The van der Waals surface area contributed by atoms with Crippen molar-refractivity contribution in [1.29, 1.82) is 0 Å². The van der Waals surface area contributed by atoms with Crippen LogP contribution < -0.4 is 5.32 Å². The second-order valence-corrected chi connectivity index (χ2v) is 4.34. The summed E-state index contributed by atoms with van der Waals surface area (Å²) in [5, 5.41) is 3.26. The molecule has 0 aromatic carbocycles. The van der Waals surface area contributed by atoms with Crippen LogP contribution in [0.5, 0.6) is 0 Å². The average Bonchev–Trinajstić information content (AvgIpc) is 2.26. The van der Waals surface area contributed by atoms with Gasteiger partial charge >= 0.3 is 0 Å². The van der Waals surface area contributed by atoms with Gasteiger partial charge in [-0.25, -0.2) is 4.98 Å². The summed E-state index contributed by atoms with van der Waals surface area (Å²) in [5.41, 5.74) is 1.16. The molecule has 2 rings (SSSR count). The summed E-state index contributed by atoms with van der Waals surface area (Å²) >= 11 is 0. The molecule has 1 N–H and O–H groups in total. The highest BCUT2D eigenvalue weighted by molar-refractivity contribution is 5.35. The Bertz CT molecular complexity index is 306. The zero-order valence-electron chi connectivity index (χ0n) is 9.91. The van der Waals surface area contributed by atoms with E-state index < -0.39 is 0 Å². The Hall–Kier alpha value is -1.09. The van der Waals surface area contributed by atoms with Crippen molar-refractivity contribution < 1.29 is 4.74 Å². The lowest BCUT2D eigenvalue weighted by atomic mass is 9.96. The van der Waals surface area contributed by atoms with E-state index in [9.17, 15) is 0 Å². The summed E-state index contributed by atoms with van der Waals surface area (Å²) in [4.78, 5) is 4.35. The maximum Gasteiger partial charge on any atom is 0.125 e. The summed E-state index contributed by atoms with van der Waals surface area (Å²) < 4.78 is 5.72. The van der Waals surface area contributed by atoms with E-state index in [0.29, 0.717) is 12.7 Å². The Morgan fingerprint density at radius 3 is 2.88 bits per heavy atom. The summed E-state index contributed by atoms with van der Waals surface area (Å²) in [5.74, 6) is 0.953. The first-order chi connectivity index (χ1) is 7.88. The Morgan fingerprint density at radius 1 is 1.44 bits per heavy atom. The molecule has 0 atom stereocenters. The third-order valence-electron chi connectivity index (χ3n) is 2.92. The van der Waals surface area contributed by atoms with Crippen LogP contribution in [0.1, 0.15) is 38.2 Å². The number of nitrogens with zero attached hydrogens (tertiary/aromatic N) is 1. The minimum absolute atomic E-state index is 0.498. The van der Waals surface area contributed by atoms with E-state index in [1.165, 1.54) is 19.3 Å². The van der Waals surface area contributed by atoms with Gasteiger partial charge in [-0.3, -0.25) is 0 Å². The lowest BCUT2D eigenvalue weighted by Crippen LogP contribution is -2.21. The number of nitrogens with one attached hydrogen (secondary N) is 1. The normalized spacial score (nSPS) is 15.8. The van der Waals surface area contributed by atoms with Crippen molar-refractivity contribution in [2.24, 2.45) is 0 Å². The Balaban J connectivity index is 1.76. The molecule has 0 radical (unpaired) electrons. The van der Waals surface area contributed by atoms with Gasteiger partial charge in [0.05, 0.1) is 12.7 Å². The van der Waals surface area contributed by atoms with Crippen molar-refractivity contribution in [2.45, 2.75) is 45.3 Å². The second kappa shape index (κ2) is 5.85. The standard InChI is InChI=1S/C13H20N2O/c1-2-8-14-13-7-6-11(9-15-13)10-16-12-4-3-5-12/h6-7,9,12H,2-5,8,10H2,1H3,(H,14,15). The van der Waals surface area contributed by atoms with Crippen molar-refractivity contribution in [3.8, 4) is 0 Å². The van der Waals surface area contributed by atoms with Gasteiger partial charge in [0.25, 0.3) is 0 Å². The van der Waals surface area contributed by atoms with Gasteiger partial charge < -0.3 is 10.1 Å².